The number of aliphatic hydroxyl groups is 1. The van der Waals surface area contributed by atoms with E-state index in [0.29, 0.717) is 6.04 Å². The largest absolute Gasteiger partial charge is 0.390 e. The molecule has 136 valence electrons. The zero-order valence-electron chi connectivity index (χ0n) is 14.6. The molecular weight excluding hydrogens is 334 g/mol. The summed E-state index contributed by atoms with van der Waals surface area (Å²) in [5.41, 5.74) is 1.10. The molecule has 0 aliphatic carbocycles. The van der Waals surface area contributed by atoms with Gasteiger partial charge in [0.2, 0.25) is 0 Å². The van der Waals surface area contributed by atoms with Crippen molar-refractivity contribution in [3.05, 3.63) is 29.3 Å². The van der Waals surface area contributed by atoms with Crippen LogP contribution in [0.1, 0.15) is 30.3 Å². The van der Waals surface area contributed by atoms with Gasteiger partial charge in [-0.15, -0.1) is 11.3 Å². The van der Waals surface area contributed by atoms with E-state index in [1.54, 1.807) is 0 Å². The third kappa shape index (κ3) is 4.20. The number of piperidine rings is 1. The molecule has 0 unspecified atom stereocenters. The maximum atomic E-state index is 10.6. The second-order valence-corrected chi connectivity index (χ2v) is 8.16. The second-order valence-electron chi connectivity index (χ2n) is 7.09. The monoisotopic (exact) mass is 361 g/mol. The van der Waals surface area contributed by atoms with Crippen molar-refractivity contribution in [3.63, 3.8) is 0 Å². The van der Waals surface area contributed by atoms with Crippen molar-refractivity contribution < 1.29 is 9.84 Å². The first-order valence-electron chi connectivity index (χ1n) is 9.37. The Balaban J connectivity index is 1.43. The van der Waals surface area contributed by atoms with Gasteiger partial charge < -0.3 is 9.84 Å². The van der Waals surface area contributed by atoms with E-state index in [9.17, 15) is 5.11 Å². The number of ether oxygens (including phenoxy) is 1. The predicted octanol–water partition coefficient (Wildman–Crippen LogP) is 2.52. The number of thiazole rings is 1. The minimum Gasteiger partial charge on any atom is -0.390 e. The molecule has 2 aliphatic heterocycles. The summed E-state index contributed by atoms with van der Waals surface area (Å²) in [4.78, 5) is 9.64. The summed E-state index contributed by atoms with van der Waals surface area (Å²) >= 11 is 1.81. The Morgan fingerprint density at radius 2 is 2.00 bits per heavy atom. The lowest BCUT2D eigenvalue weighted by Crippen LogP contribution is -2.46. The van der Waals surface area contributed by atoms with Crippen LogP contribution in [-0.4, -0.2) is 71.9 Å². The molecule has 2 atom stereocenters. The molecule has 1 N–H and O–H groups in total. The second kappa shape index (κ2) is 8.10. The van der Waals surface area contributed by atoms with Gasteiger partial charge in [-0.05, 0) is 31.5 Å². The summed E-state index contributed by atoms with van der Waals surface area (Å²) in [6.45, 7) is 5.96. The summed E-state index contributed by atoms with van der Waals surface area (Å²) < 4.78 is 6.66. The smallest absolute Gasteiger partial charge is 0.111 e. The van der Waals surface area contributed by atoms with Crippen LogP contribution in [0.15, 0.2) is 24.3 Å². The van der Waals surface area contributed by atoms with Gasteiger partial charge in [-0.25, -0.2) is 4.98 Å². The molecule has 0 amide bonds. The minimum absolute atomic E-state index is 0.312. The Bertz CT molecular complexity index is 653. The van der Waals surface area contributed by atoms with E-state index < -0.39 is 0 Å². The summed E-state index contributed by atoms with van der Waals surface area (Å²) in [6.07, 6.45) is 3.29. The molecule has 4 rings (SSSR count). The van der Waals surface area contributed by atoms with Crippen LogP contribution >= 0.6 is 11.3 Å². The zero-order valence-corrected chi connectivity index (χ0v) is 15.5. The van der Waals surface area contributed by atoms with E-state index in [1.165, 1.54) is 22.5 Å². The Kier molecular flexibility index (Phi) is 5.63. The Hall–Kier alpha value is -1.05. The van der Waals surface area contributed by atoms with E-state index in [0.717, 1.165) is 57.9 Å². The van der Waals surface area contributed by atoms with Gasteiger partial charge in [0.25, 0.3) is 0 Å². The minimum atomic E-state index is -0.312. The predicted molar refractivity (Wildman–Crippen MR) is 101 cm³/mol. The number of hydrogen-bond acceptors (Lipinski definition) is 6. The Morgan fingerprint density at radius 3 is 2.84 bits per heavy atom. The van der Waals surface area contributed by atoms with Gasteiger partial charge in [0, 0.05) is 26.2 Å². The van der Waals surface area contributed by atoms with Gasteiger partial charge in [0.1, 0.15) is 5.01 Å². The van der Waals surface area contributed by atoms with Gasteiger partial charge in [0.05, 0.1) is 35.6 Å². The number of hydrogen-bond donors (Lipinski definition) is 1. The highest BCUT2D eigenvalue weighted by Crippen LogP contribution is 2.35. The number of aromatic nitrogens is 1. The average molecular weight is 362 g/mol. The molecule has 0 saturated carbocycles. The number of fused-ring (bicyclic) bond motifs is 1. The number of rotatable bonds is 5. The van der Waals surface area contributed by atoms with Crippen LogP contribution < -0.4 is 0 Å². The van der Waals surface area contributed by atoms with Crippen molar-refractivity contribution >= 4 is 21.6 Å². The fraction of sp³-hybridized carbons (Fsp3) is 0.632. The standard InChI is InChI=1S/C19H27N3O2S/c23-15(13-21-9-11-24-12-10-21)14-22-8-4-3-6-17(22)19-20-16-5-1-2-7-18(16)25-19/h1-2,5,7,15,17,23H,3-4,6,8-14H2/t15-,17+/m1/s1. The highest BCUT2D eigenvalue weighted by Gasteiger charge is 2.28. The quantitative estimate of drug-likeness (QED) is 0.887. The van der Waals surface area contributed by atoms with Gasteiger partial charge in [0.15, 0.2) is 0 Å². The van der Waals surface area contributed by atoms with Crippen molar-refractivity contribution in [2.75, 3.05) is 45.9 Å². The number of likely N-dealkylation sites (tertiary alicyclic amines) is 1. The fourth-order valence-corrected chi connectivity index (χ4v) is 5.07. The van der Waals surface area contributed by atoms with Gasteiger partial charge >= 0.3 is 0 Å². The van der Waals surface area contributed by atoms with Gasteiger partial charge in [-0.2, -0.15) is 0 Å². The van der Waals surface area contributed by atoms with Crippen LogP contribution in [0.4, 0.5) is 0 Å². The molecule has 6 heteroatoms. The van der Waals surface area contributed by atoms with Crippen molar-refractivity contribution in [1.29, 1.82) is 0 Å². The fourth-order valence-electron chi connectivity index (χ4n) is 3.93. The number of morpholine rings is 1. The summed E-state index contributed by atoms with van der Waals surface area (Å²) in [5, 5.41) is 11.8. The first-order chi connectivity index (χ1) is 12.3. The number of aliphatic hydroxyl groups excluding tert-OH is 1. The molecule has 2 fully saturated rings. The highest BCUT2D eigenvalue weighted by molar-refractivity contribution is 7.18. The Labute approximate surface area is 153 Å². The highest BCUT2D eigenvalue weighted by atomic mass is 32.1. The normalized spacial score (nSPS) is 24.6. The van der Waals surface area contributed by atoms with Crippen molar-refractivity contribution in [2.24, 2.45) is 0 Å². The first kappa shape index (κ1) is 17.4. The lowest BCUT2D eigenvalue weighted by Gasteiger charge is -2.37. The topological polar surface area (TPSA) is 48.8 Å². The third-order valence-corrected chi connectivity index (χ3v) is 6.36. The SMILES string of the molecule is O[C@H](CN1CCOCC1)CN1CCCC[C@H]1c1nc2ccccc2s1. The summed E-state index contributed by atoms with van der Waals surface area (Å²) in [5.74, 6) is 0. The molecule has 1 aromatic heterocycles. The zero-order chi connectivity index (χ0) is 17.1. The van der Waals surface area contributed by atoms with E-state index in [4.69, 9.17) is 9.72 Å². The Morgan fingerprint density at radius 1 is 1.16 bits per heavy atom. The molecule has 2 aliphatic rings. The number of β-amino-alcohol motifs (C(OH)–C–C–N with tert-alkyl or cyclic N) is 1. The van der Waals surface area contributed by atoms with E-state index in [2.05, 4.69) is 34.1 Å². The molecule has 25 heavy (non-hydrogen) atoms. The maximum absolute atomic E-state index is 10.6. The maximum Gasteiger partial charge on any atom is 0.111 e. The molecular formula is C19H27N3O2S. The van der Waals surface area contributed by atoms with Crippen LogP contribution in [0.25, 0.3) is 10.2 Å². The van der Waals surface area contributed by atoms with Crippen LogP contribution in [0.5, 0.6) is 0 Å². The summed E-state index contributed by atoms with van der Waals surface area (Å²) in [7, 11) is 0. The van der Waals surface area contributed by atoms with E-state index in [1.807, 2.05) is 11.3 Å². The van der Waals surface area contributed by atoms with Crippen LogP contribution in [-0.2, 0) is 4.74 Å². The van der Waals surface area contributed by atoms with Crippen molar-refractivity contribution in [1.82, 2.24) is 14.8 Å². The van der Waals surface area contributed by atoms with Gasteiger partial charge in [-0.1, -0.05) is 18.6 Å². The lowest BCUT2D eigenvalue weighted by atomic mass is 10.0. The van der Waals surface area contributed by atoms with Crippen LogP contribution in [0.3, 0.4) is 0 Å². The van der Waals surface area contributed by atoms with Crippen LogP contribution in [0, 0.1) is 0 Å². The number of benzene rings is 1. The lowest BCUT2D eigenvalue weighted by molar-refractivity contribution is -0.000530. The van der Waals surface area contributed by atoms with Crippen LogP contribution in [0.2, 0.25) is 0 Å². The molecule has 5 nitrogen and oxygen atoms in total. The van der Waals surface area contributed by atoms with E-state index in [-0.39, 0.29) is 6.10 Å². The van der Waals surface area contributed by atoms with Crippen molar-refractivity contribution in [2.45, 2.75) is 31.4 Å². The molecule has 0 radical (unpaired) electrons. The molecule has 0 spiro atoms. The van der Waals surface area contributed by atoms with Gasteiger partial charge in [-0.3, -0.25) is 9.80 Å². The third-order valence-electron chi connectivity index (χ3n) is 5.23. The number of nitrogens with zero attached hydrogens (tertiary/aromatic N) is 3. The molecule has 2 saturated heterocycles. The molecule has 3 heterocycles. The first-order valence-corrected chi connectivity index (χ1v) is 10.2. The van der Waals surface area contributed by atoms with E-state index >= 15 is 0 Å². The molecule has 0 bridgehead atoms. The molecule has 2 aromatic rings. The average Bonchev–Trinajstić information content (AvgIpc) is 3.07. The summed E-state index contributed by atoms with van der Waals surface area (Å²) in [6, 6.07) is 8.73. The molecule has 1 aromatic carbocycles. The van der Waals surface area contributed by atoms with Crippen molar-refractivity contribution in [3.8, 4) is 0 Å². The number of para-hydroxylation sites is 1.